The maximum atomic E-state index is 5.77. The molecule has 3 nitrogen and oxygen atoms in total. The van der Waals surface area contributed by atoms with Crippen molar-refractivity contribution >= 4 is 0 Å². The van der Waals surface area contributed by atoms with Crippen molar-refractivity contribution in [3.05, 3.63) is 12.2 Å². The lowest BCUT2D eigenvalue weighted by atomic mass is 9.92. The molecule has 0 aromatic heterocycles. The van der Waals surface area contributed by atoms with Crippen LogP contribution in [0.1, 0.15) is 20.3 Å². The van der Waals surface area contributed by atoms with Crippen molar-refractivity contribution in [1.82, 2.24) is 5.32 Å². The van der Waals surface area contributed by atoms with Crippen LogP contribution in [0.15, 0.2) is 12.2 Å². The first-order valence-corrected chi connectivity index (χ1v) is 4.82. The van der Waals surface area contributed by atoms with Gasteiger partial charge in [0.1, 0.15) is 0 Å². The molecule has 1 saturated heterocycles. The van der Waals surface area contributed by atoms with Gasteiger partial charge in [0, 0.05) is 19.7 Å². The van der Waals surface area contributed by atoms with Gasteiger partial charge in [-0.1, -0.05) is 12.2 Å². The third-order valence-electron chi connectivity index (χ3n) is 2.80. The smallest absolute Gasteiger partial charge is 0.0741 e. The van der Waals surface area contributed by atoms with Gasteiger partial charge in [-0.15, -0.1) is 0 Å². The Bertz CT molecular complexity index is 193. The number of nitrogens with one attached hydrogen (secondary N) is 1. The van der Waals surface area contributed by atoms with E-state index in [0.29, 0.717) is 6.54 Å². The van der Waals surface area contributed by atoms with Gasteiger partial charge in [-0.25, -0.2) is 0 Å². The van der Waals surface area contributed by atoms with E-state index in [1.807, 2.05) is 6.92 Å². The molecule has 0 aromatic rings. The van der Waals surface area contributed by atoms with Crippen LogP contribution in [0.4, 0.5) is 0 Å². The summed E-state index contributed by atoms with van der Waals surface area (Å²) in [4.78, 5) is 0. The molecule has 0 aromatic carbocycles. The average molecular weight is 184 g/mol. The fraction of sp³-hybridized carbons (Fsp3) is 0.800. The Kier molecular flexibility index (Phi) is 3.47. The van der Waals surface area contributed by atoms with Gasteiger partial charge in [-0.05, 0) is 20.3 Å². The van der Waals surface area contributed by atoms with Gasteiger partial charge >= 0.3 is 0 Å². The van der Waals surface area contributed by atoms with E-state index < -0.39 is 0 Å². The van der Waals surface area contributed by atoms with Crippen LogP contribution in [-0.4, -0.2) is 31.3 Å². The maximum absolute atomic E-state index is 5.77. The lowest BCUT2D eigenvalue weighted by Gasteiger charge is -2.32. The first-order chi connectivity index (χ1) is 6.10. The summed E-state index contributed by atoms with van der Waals surface area (Å²) in [7, 11) is 0. The van der Waals surface area contributed by atoms with Crippen LogP contribution < -0.4 is 11.1 Å². The zero-order valence-electron chi connectivity index (χ0n) is 8.60. The van der Waals surface area contributed by atoms with Crippen molar-refractivity contribution in [3.63, 3.8) is 0 Å². The van der Waals surface area contributed by atoms with Crippen LogP contribution >= 0.6 is 0 Å². The Balaban J connectivity index is 2.53. The Hall–Kier alpha value is -0.380. The van der Waals surface area contributed by atoms with Gasteiger partial charge in [0.05, 0.1) is 11.6 Å². The maximum Gasteiger partial charge on any atom is 0.0741 e. The van der Waals surface area contributed by atoms with Crippen LogP contribution in [-0.2, 0) is 4.74 Å². The highest BCUT2D eigenvalue weighted by Gasteiger charge is 2.39. The molecule has 1 rings (SSSR count). The Morgan fingerprint density at radius 3 is 2.85 bits per heavy atom. The number of rotatable bonds is 4. The van der Waals surface area contributed by atoms with Gasteiger partial charge in [-0.3, -0.25) is 0 Å². The molecule has 2 unspecified atom stereocenters. The van der Waals surface area contributed by atoms with Crippen molar-refractivity contribution < 1.29 is 4.74 Å². The lowest BCUT2D eigenvalue weighted by molar-refractivity contribution is 0.0865. The van der Waals surface area contributed by atoms with Crippen molar-refractivity contribution in [1.29, 1.82) is 0 Å². The van der Waals surface area contributed by atoms with E-state index >= 15 is 0 Å². The van der Waals surface area contributed by atoms with E-state index in [-0.39, 0.29) is 11.6 Å². The molecule has 1 heterocycles. The predicted octanol–water partition coefficient (Wildman–Crippen LogP) is 0.658. The van der Waals surface area contributed by atoms with Crippen LogP contribution in [0.5, 0.6) is 0 Å². The highest BCUT2D eigenvalue weighted by molar-refractivity contribution is 5.02. The summed E-state index contributed by atoms with van der Waals surface area (Å²) in [5.41, 5.74) is 6.88. The molecular weight excluding hydrogens is 164 g/mol. The van der Waals surface area contributed by atoms with Gasteiger partial charge in [0.2, 0.25) is 0 Å². The largest absolute Gasteiger partial charge is 0.376 e. The zero-order valence-corrected chi connectivity index (χ0v) is 8.60. The molecule has 1 aliphatic rings. The Labute approximate surface area is 80.3 Å². The molecule has 0 aliphatic carbocycles. The molecule has 0 bridgehead atoms. The molecule has 0 saturated carbocycles. The molecule has 0 spiro atoms. The van der Waals surface area contributed by atoms with Crippen molar-refractivity contribution in [2.24, 2.45) is 5.73 Å². The van der Waals surface area contributed by atoms with Gasteiger partial charge < -0.3 is 15.8 Å². The number of hydrogen-bond acceptors (Lipinski definition) is 3. The number of hydrogen-bond donors (Lipinski definition) is 2. The van der Waals surface area contributed by atoms with E-state index in [4.69, 9.17) is 10.5 Å². The van der Waals surface area contributed by atoms with Crippen LogP contribution in [0.2, 0.25) is 0 Å². The number of nitrogens with two attached hydrogens (primary N) is 1. The van der Waals surface area contributed by atoms with Gasteiger partial charge in [-0.2, -0.15) is 0 Å². The normalized spacial score (nSPS) is 33.6. The second-order valence-electron chi connectivity index (χ2n) is 3.93. The third-order valence-corrected chi connectivity index (χ3v) is 2.80. The quantitative estimate of drug-likeness (QED) is 0.631. The zero-order chi connectivity index (χ0) is 9.90. The Morgan fingerprint density at radius 1 is 1.77 bits per heavy atom. The lowest BCUT2D eigenvalue weighted by Crippen LogP contribution is -2.56. The molecule has 0 radical (unpaired) electrons. The summed E-state index contributed by atoms with van der Waals surface area (Å²) in [5, 5.41) is 3.44. The monoisotopic (exact) mass is 184 g/mol. The van der Waals surface area contributed by atoms with E-state index in [1.54, 1.807) is 0 Å². The summed E-state index contributed by atoms with van der Waals surface area (Å²) in [6.45, 7) is 10.2. The predicted molar refractivity (Wildman–Crippen MR) is 54.6 cm³/mol. The van der Waals surface area contributed by atoms with E-state index in [9.17, 15) is 0 Å². The molecule has 13 heavy (non-hydrogen) atoms. The molecular formula is C10H20N2O. The summed E-state index contributed by atoms with van der Waals surface area (Å²) >= 11 is 0. The second kappa shape index (κ2) is 4.22. The third kappa shape index (κ3) is 2.30. The van der Waals surface area contributed by atoms with Crippen LogP contribution in [0.25, 0.3) is 0 Å². The summed E-state index contributed by atoms with van der Waals surface area (Å²) in [6.07, 6.45) is 1.20. The SMILES string of the molecule is C=C(C)CNC1(CN)CCOC1C. The summed E-state index contributed by atoms with van der Waals surface area (Å²) < 4.78 is 5.52. The highest BCUT2D eigenvalue weighted by Crippen LogP contribution is 2.24. The topological polar surface area (TPSA) is 47.3 Å². The summed E-state index contributed by atoms with van der Waals surface area (Å²) in [6, 6.07) is 0. The minimum Gasteiger partial charge on any atom is -0.376 e. The van der Waals surface area contributed by atoms with Crippen molar-refractivity contribution in [2.75, 3.05) is 19.7 Å². The average Bonchev–Trinajstić information content (AvgIpc) is 2.45. The highest BCUT2D eigenvalue weighted by atomic mass is 16.5. The molecule has 1 aliphatic heterocycles. The molecule has 1 fully saturated rings. The summed E-state index contributed by atoms with van der Waals surface area (Å²) in [5.74, 6) is 0. The van der Waals surface area contributed by atoms with Crippen LogP contribution in [0.3, 0.4) is 0 Å². The van der Waals surface area contributed by atoms with E-state index in [1.165, 1.54) is 0 Å². The van der Waals surface area contributed by atoms with E-state index in [2.05, 4.69) is 18.8 Å². The van der Waals surface area contributed by atoms with Gasteiger partial charge in [0.25, 0.3) is 0 Å². The minimum atomic E-state index is -0.0288. The first-order valence-electron chi connectivity index (χ1n) is 4.82. The second-order valence-corrected chi connectivity index (χ2v) is 3.93. The minimum absolute atomic E-state index is 0.0288. The Morgan fingerprint density at radius 2 is 2.46 bits per heavy atom. The standard InChI is InChI=1S/C10H20N2O/c1-8(2)6-12-10(7-11)4-5-13-9(10)3/h9,12H,1,4-7,11H2,2-3H3. The fourth-order valence-corrected chi connectivity index (χ4v) is 1.68. The first kappa shape index (κ1) is 10.7. The molecule has 3 N–H and O–H groups in total. The molecule has 0 amide bonds. The molecule has 76 valence electrons. The molecule has 2 atom stereocenters. The fourth-order valence-electron chi connectivity index (χ4n) is 1.68. The van der Waals surface area contributed by atoms with Gasteiger partial charge in [0.15, 0.2) is 0 Å². The molecule has 3 heteroatoms. The van der Waals surface area contributed by atoms with E-state index in [0.717, 1.165) is 25.1 Å². The van der Waals surface area contributed by atoms with Crippen molar-refractivity contribution in [3.8, 4) is 0 Å². The van der Waals surface area contributed by atoms with Crippen molar-refractivity contribution in [2.45, 2.75) is 31.9 Å². The number of ether oxygens (including phenoxy) is 1. The van der Waals surface area contributed by atoms with Crippen LogP contribution in [0, 0.1) is 0 Å².